The van der Waals surface area contributed by atoms with Gasteiger partial charge in [-0.1, -0.05) is 63.0 Å². The van der Waals surface area contributed by atoms with Crippen LogP contribution in [0.3, 0.4) is 0 Å². The molecule has 0 bridgehead atoms. The first kappa shape index (κ1) is 17.7. The molecule has 0 fully saturated rings. The van der Waals surface area contributed by atoms with E-state index in [9.17, 15) is 4.79 Å². The maximum Gasteiger partial charge on any atom is 0.281 e. The Labute approximate surface area is 152 Å². The van der Waals surface area contributed by atoms with E-state index in [1.54, 1.807) is 6.21 Å². The van der Waals surface area contributed by atoms with Gasteiger partial charge in [0.25, 0.3) is 5.91 Å². The minimum atomic E-state index is -0.597. The summed E-state index contributed by atoms with van der Waals surface area (Å²) >= 11 is 6.80. The third-order valence-corrected chi connectivity index (χ3v) is 4.24. The van der Waals surface area contributed by atoms with Crippen LogP contribution in [0.2, 0.25) is 0 Å². The van der Waals surface area contributed by atoms with E-state index in [0.717, 1.165) is 14.5 Å². The molecule has 0 aliphatic rings. The van der Waals surface area contributed by atoms with Gasteiger partial charge in [0, 0.05) is 14.5 Å². The Morgan fingerprint density at radius 2 is 2.04 bits per heavy atom. The van der Waals surface area contributed by atoms with Crippen molar-refractivity contribution in [2.75, 3.05) is 0 Å². The summed E-state index contributed by atoms with van der Waals surface area (Å²) in [7, 11) is 0. The second-order valence-electron chi connectivity index (χ2n) is 4.73. The zero-order chi connectivity index (χ0) is 16.7. The minimum Gasteiger partial charge on any atom is -0.481 e. The summed E-state index contributed by atoms with van der Waals surface area (Å²) in [6.07, 6.45) is 1.54. The zero-order valence-electron chi connectivity index (χ0n) is 12.5. The molecule has 1 N–H and O–H groups in total. The number of carbonyl (C=O) groups excluding carboxylic acids is 1. The van der Waals surface area contributed by atoms with Crippen LogP contribution in [-0.4, -0.2) is 18.2 Å². The summed E-state index contributed by atoms with van der Waals surface area (Å²) in [5.74, 6) is 0.354. The molecule has 0 heterocycles. The molecule has 1 unspecified atom stereocenters. The fourth-order valence-corrected chi connectivity index (χ4v) is 2.61. The number of hydrazone groups is 1. The highest BCUT2D eigenvalue weighted by atomic mass is 79.9. The Morgan fingerprint density at radius 1 is 1.26 bits per heavy atom. The Hall–Kier alpha value is -1.66. The van der Waals surface area contributed by atoms with Gasteiger partial charge in [-0.05, 0) is 30.7 Å². The highest BCUT2D eigenvalue weighted by Crippen LogP contribution is 2.19. The van der Waals surface area contributed by atoms with Crippen LogP contribution in [0.15, 0.2) is 62.6 Å². The molecule has 0 aliphatic heterocycles. The van der Waals surface area contributed by atoms with Crippen LogP contribution < -0.4 is 10.2 Å². The van der Waals surface area contributed by atoms with Gasteiger partial charge in [0.1, 0.15) is 5.75 Å². The average molecular weight is 440 g/mol. The van der Waals surface area contributed by atoms with Crippen LogP contribution in [0, 0.1) is 0 Å². The molecule has 0 spiro atoms. The predicted molar refractivity (Wildman–Crippen MR) is 98.7 cm³/mol. The average Bonchev–Trinajstić information content (AvgIpc) is 2.54. The molecule has 0 aromatic heterocycles. The normalized spacial score (nSPS) is 12.1. The molecule has 1 amide bonds. The largest absolute Gasteiger partial charge is 0.481 e. The van der Waals surface area contributed by atoms with Gasteiger partial charge in [-0.2, -0.15) is 5.10 Å². The quantitative estimate of drug-likeness (QED) is 0.531. The van der Waals surface area contributed by atoms with Crippen molar-refractivity contribution in [3.63, 3.8) is 0 Å². The van der Waals surface area contributed by atoms with Crippen LogP contribution in [0.5, 0.6) is 5.75 Å². The van der Waals surface area contributed by atoms with Gasteiger partial charge in [0.15, 0.2) is 6.10 Å². The summed E-state index contributed by atoms with van der Waals surface area (Å²) < 4.78 is 7.52. The molecule has 0 aliphatic carbocycles. The van der Waals surface area contributed by atoms with Crippen LogP contribution in [0.1, 0.15) is 18.9 Å². The second kappa shape index (κ2) is 8.84. The first-order valence-electron chi connectivity index (χ1n) is 7.10. The third kappa shape index (κ3) is 5.48. The maximum atomic E-state index is 12.2. The SMILES string of the molecule is CCC(Oc1cccc(Br)c1)C(=O)NN=Cc1ccccc1Br. The van der Waals surface area contributed by atoms with Crippen molar-refractivity contribution in [3.05, 3.63) is 63.0 Å². The molecule has 2 aromatic carbocycles. The van der Waals surface area contributed by atoms with E-state index in [2.05, 4.69) is 42.4 Å². The van der Waals surface area contributed by atoms with Gasteiger partial charge in [-0.3, -0.25) is 4.79 Å². The Bertz CT molecular complexity index is 704. The number of nitrogens with zero attached hydrogens (tertiary/aromatic N) is 1. The lowest BCUT2D eigenvalue weighted by atomic mass is 10.2. The molecule has 1 atom stereocenters. The van der Waals surface area contributed by atoms with E-state index >= 15 is 0 Å². The van der Waals surface area contributed by atoms with Gasteiger partial charge >= 0.3 is 0 Å². The molecule has 6 heteroatoms. The molecule has 23 heavy (non-hydrogen) atoms. The van der Waals surface area contributed by atoms with Gasteiger partial charge in [-0.25, -0.2) is 5.43 Å². The first-order chi connectivity index (χ1) is 11.1. The number of benzene rings is 2. The minimum absolute atomic E-state index is 0.282. The summed E-state index contributed by atoms with van der Waals surface area (Å²) in [5.41, 5.74) is 3.40. The van der Waals surface area contributed by atoms with E-state index < -0.39 is 6.10 Å². The van der Waals surface area contributed by atoms with Crippen molar-refractivity contribution < 1.29 is 9.53 Å². The molecule has 4 nitrogen and oxygen atoms in total. The fraction of sp³-hybridized carbons (Fsp3) is 0.176. The van der Waals surface area contributed by atoms with Gasteiger partial charge in [0.2, 0.25) is 0 Å². The lowest BCUT2D eigenvalue weighted by Crippen LogP contribution is -2.35. The molecule has 0 radical (unpaired) electrons. The molecule has 0 saturated heterocycles. The van der Waals surface area contributed by atoms with Crippen LogP contribution in [-0.2, 0) is 4.79 Å². The van der Waals surface area contributed by atoms with Crippen molar-refractivity contribution in [1.29, 1.82) is 0 Å². The van der Waals surface area contributed by atoms with Crippen LogP contribution in [0.25, 0.3) is 0 Å². The number of hydrogen-bond donors (Lipinski definition) is 1. The number of rotatable bonds is 6. The highest BCUT2D eigenvalue weighted by Gasteiger charge is 2.17. The predicted octanol–water partition coefficient (Wildman–Crippen LogP) is 4.52. The smallest absolute Gasteiger partial charge is 0.281 e. The standard InChI is InChI=1S/C17H16Br2N2O2/c1-2-16(23-14-8-5-7-13(18)10-14)17(22)21-20-11-12-6-3-4-9-15(12)19/h3-11,16H,2H2,1H3,(H,21,22). The van der Waals surface area contributed by atoms with Crippen LogP contribution >= 0.6 is 31.9 Å². The topological polar surface area (TPSA) is 50.7 Å². The van der Waals surface area contributed by atoms with E-state index in [0.29, 0.717) is 12.2 Å². The lowest BCUT2D eigenvalue weighted by Gasteiger charge is -2.15. The van der Waals surface area contributed by atoms with E-state index in [-0.39, 0.29) is 5.91 Å². The van der Waals surface area contributed by atoms with E-state index in [4.69, 9.17) is 4.74 Å². The number of amides is 1. The van der Waals surface area contributed by atoms with Crippen molar-refractivity contribution >= 4 is 44.0 Å². The number of carbonyl (C=O) groups is 1. The molecular formula is C17H16Br2N2O2. The van der Waals surface area contributed by atoms with Gasteiger partial charge < -0.3 is 4.74 Å². The summed E-state index contributed by atoms with van der Waals surface area (Å²) in [5, 5.41) is 3.99. The van der Waals surface area contributed by atoms with Gasteiger partial charge in [0.05, 0.1) is 6.21 Å². The number of nitrogens with one attached hydrogen (secondary N) is 1. The monoisotopic (exact) mass is 438 g/mol. The number of hydrogen-bond acceptors (Lipinski definition) is 3. The van der Waals surface area contributed by atoms with Crippen molar-refractivity contribution in [1.82, 2.24) is 5.43 Å². The first-order valence-corrected chi connectivity index (χ1v) is 8.68. The molecule has 120 valence electrons. The Kier molecular flexibility index (Phi) is 6.80. The highest BCUT2D eigenvalue weighted by molar-refractivity contribution is 9.10. The zero-order valence-corrected chi connectivity index (χ0v) is 15.7. The third-order valence-electron chi connectivity index (χ3n) is 3.02. The van der Waals surface area contributed by atoms with E-state index in [1.807, 2.05) is 55.5 Å². The molecule has 0 saturated carbocycles. The fourth-order valence-electron chi connectivity index (χ4n) is 1.84. The molecular weight excluding hydrogens is 424 g/mol. The summed E-state index contributed by atoms with van der Waals surface area (Å²) in [4.78, 5) is 12.2. The van der Waals surface area contributed by atoms with E-state index in [1.165, 1.54) is 0 Å². The summed E-state index contributed by atoms with van der Waals surface area (Å²) in [6.45, 7) is 1.89. The van der Waals surface area contributed by atoms with Crippen molar-refractivity contribution in [2.24, 2.45) is 5.10 Å². The molecule has 2 aromatic rings. The Morgan fingerprint density at radius 3 is 2.74 bits per heavy atom. The lowest BCUT2D eigenvalue weighted by molar-refractivity contribution is -0.128. The summed E-state index contributed by atoms with van der Waals surface area (Å²) in [6, 6.07) is 15.0. The maximum absolute atomic E-state index is 12.2. The second-order valence-corrected chi connectivity index (χ2v) is 6.50. The Balaban J connectivity index is 1.96. The number of halogens is 2. The van der Waals surface area contributed by atoms with Crippen LogP contribution in [0.4, 0.5) is 0 Å². The number of ether oxygens (including phenoxy) is 1. The van der Waals surface area contributed by atoms with Gasteiger partial charge in [-0.15, -0.1) is 0 Å². The van der Waals surface area contributed by atoms with Crippen molar-refractivity contribution in [3.8, 4) is 5.75 Å². The molecule has 2 rings (SSSR count). The van der Waals surface area contributed by atoms with Crippen molar-refractivity contribution in [2.45, 2.75) is 19.4 Å².